The largest absolute Gasteiger partial charge is 0.490 e. The van der Waals surface area contributed by atoms with Crippen LogP contribution in [0.4, 0.5) is 5.69 Å². The summed E-state index contributed by atoms with van der Waals surface area (Å²) in [7, 11) is 1.94. The van der Waals surface area contributed by atoms with Crippen LogP contribution in [0.3, 0.4) is 0 Å². The van der Waals surface area contributed by atoms with Gasteiger partial charge in [0.1, 0.15) is 5.75 Å². The summed E-state index contributed by atoms with van der Waals surface area (Å²) in [5.41, 5.74) is 0.609. The van der Waals surface area contributed by atoms with Crippen molar-refractivity contribution in [3.8, 4) is 5.75 Å². The topological polar surface area (TPSA) is 49.8 Å². The summed E-state index contributed by atoms with van der Waals surface area (Å²) in [5, 5.41) is 11.7. The molecule has 2 aromatic carbocycles. The Labute approximate surface area is 181 Å². The lowest BCUT2D eigenvalue weighted by atomic mass is 9.72. The van der Waals surface area contributed by atoms with Gasteiger partial charge in [-0.25, -0.2) is 0 Å². The second-order valence-corrected chi connectivity index (χ2v) is 10.7. The minimum Gasteiger partial charge on any atom is -0.490 e. The molecular weight excluding hydrogens is 374 g/mol. The predicted molar refractivity (Wildman–Crippen MR) is 124 cm³/mol. The van der Waals surface area contributed by atoms with E-state index in [-0.39, 0.29) is 0 Å². The number of carboxylic acid groups (broad SMARTS) is 1. The van der Waals surface area contributed by atoms with E-state index in [4.69, 9.17) is 4.74 Å². The minimum atomic E-state index is -0.798. The minimum absolute atomic E-state index is 0.310. The Morgan fingerprint density at radius 3 is 2.20 bits per heavy atom. The molecule has 0 spiro atoms. The third-order valence-corrected chi connectivity index (χ3v) is 6.65. The molecule has 0 unspecified atom stereocenters. The lowest BCUT2D eigenvalue weighted by Gasteiger charge is -2.37. The number of fused-ring (bicyclic) bond motifs is 1. The number of carbonyl (C=O) groups is 1. The van der Waals surface area contributed by atoms with Crippen LogP contribution in [0.25, 0.3) is 10.8 Å². The zero-order chi connectivity index (χ0) is 22.1. The van der Waals surface area contributed by atoms with Gasteiger partial charge in [-0.2, -0.15) is 0 Å². The quantitative estimate of drug-likeness (QED) is 0.600. The zero-order valence-electron chi connectivity index (χ0n) is 19.4. The molecule has 0 amide bonds. The number of nitrogens with zero attached hydrogens (tertiary/aromatic N) is 1. The average Bonchev–Trinajstić information content (AvgIpc) is 2.66. The molecule has 1 saturated carbocycles. The second kappa shape index (κ2) is 8.49. The summed E-state index contributed by atoms with van der Waals surface area (Å²) in [6.45, 7) is 11.0. The number of hydrogen-bond donors (Lipinski definition) is 1. The van der Waals surface area contributed by atoms with E-state index in [1.54, 1.807) is 13.8 Å². The molecule has 0 radical (unpaired) electrons. The van der Waals surface area contributed by atoms with Crippen molar-refractivity contribution in [2.24, 2.45) is 16.7 Å². The van der Waals surface area contributed by atoms with Gasteiger partial charge in [0.05, 0.1) is 11.5 Å². The van der Waals surface area contributed by atoms with Crippen molar-refractivity contribution in [3.63, 3.8) is 0 Å². The molecule has 4 heteroatoms. The molecule has 0 aliphatic heterocycles. The van der Waals surface area contributed by atoms with Crippen LogP contribution in [0.2, 0.25) is 0 Å². The highest BCUT2D eigenvalue weighted by molar-refractivity contribution is 5.87. The van der Waals surface area contributed by atoms with Crippen LogP contribution in [0, 0.1) is 16.7 Å². The van der Waals surface area contributed by atoms with Gasteiger partial charge in [-0.05, 0) is 85.9 Å². The normalized spacial score (nSPS) is 20.2. The van der Waals surface area contributed by atoms with Gasteiger partial charge < -0.3 is 14.7 Å². The molecule has 2 aromatic rings. The maximum Gasteiger partial charge on any atom is 0.310 e. The van der Waals surface area contributed by atoms with Crippen LogP contribution in [0.5, 0.6) is 5.75 Å². The summed E-state index contributed by atoms with van der Waals surface area (Å²) >= 11 is 0. The summed E-state index contributed by atoms with van der Waals surface area (Å²) in [4.78, 5) is 13.4. The van der Waals surface area contributed by atoms with Crippen molar-refractivity contribution in [1.82, 2.24) is 0 Å². The highest BCUT2D eigenvalue weighted by Crippen LogP contribution is 2.39. The highest BCUT2D eigenvalue weighted by atomic mass is 16.5. The van der Waals surface area contributed by atoms with Crippen LogP contribution in [0.15, 0.2) is 36.4 Å². The average molecular weight is 412 g/mol. The molecule has 0 heterocycles. The molecule has 0 atom stereocenters. The Morgan fingerprint density at radius 1 is 1.00 bits per heavy atom. The van der Waals surface area contributed by atoms with E-state index < -0.39 is 11.4 Å². The van der Waals surface area contributed by atoms with Crippen molar-refractivity contribution in [2.75, 3.05) is 18.5 Å². The van der Waals surface area contributed by atoms with E-state index in [0.29, 0.717) is 18.1 Å². The summed E-state index contributed by atoms with van der Waals surface area (Å²) < 4.78 is 6.32. The standard InChI is InChI=1S/C26H37NO3/c1-25(2,3)20-9-13-22(14-10-20)30-23-12-8-18-15-21(11-7-19(18)16-23)27(6)17-26(4,5)24(28)29/h7-8,11-12,15-16,20,22H,9-10,13-14,17H2,1-6H3,(H,28,29)/t20-,22-. The van der Waals surface area contributed by atoms with Crippen molar-refractivity contribution < 1.29 is 14.6 Å². The first kappa shape index (κ1) is 22.5. The summed E-state index contributed by atoms with van der Waals surface area (Å²) in [6, 6.07) is 12.5. The fourth-order valence-corrected chi connectivity index (χ4v) is 4.51. The van der Waals surface area contributed by atoms with Crippen LogP contribution in [0.1, 0.15) is 60.3 Å². The summed E-state index contributed by atoms with van der Waals surface area (Å²) in [6.07, 6.45) is 5.05. The first-order valence-corrected chi connectivity index (χ1v) is 11.1. The molecule has 3 rings (SSSR count). The summed E-state index contributed by atoms with van der Waals surface area (Å²) in [5.74, 6) is 0.943. The van der Waals surface area contributed by atoms with Crippen molar-refractivity contribution in [3.05, 3.63) is 36.4 Å². The number of carboxylic acids is 1. The van der Waals surface area contributed by atoms with Crippen molar-refractivity contribution in [2.45, 2.75) is 66.4 Å². The first-order chi connectivity index (χ1) is 14.0. The third kappa shape index (κ3) is 5.27. The zero-order valence-corrected chi connectivity index (χ0v) is 19.4. The van der Waals surface area contributed by atoms with Gasteiger partial charge in [-0.1, -0.05) is 32.9 Å². The number of ether oxygens (including phenoxy) is 1. The van der Waals surface area contributed by atoms with Gasteiger partial charge >= 0.3 is 5.97 Å². The molecule has 1 N–H and O–H groups in total. The van der Waals surface area contributed by atoms with Gasteiger partial charge in [0, 0.05) is 19.3 Å². The van der Waals surface area contributed by atoms with Crippen LogP contribution in [-0.2, 0) is 4.79 Å². The Hall–Kier alpha value is -2.23. The number of hydrogen-bond acceptors (Lipinski definition) is 3. The fraction of sp³-hybridized carbons (Fsp3) is 0.577. The Bertz CT molecular complexity index is 889. The maximum absolute atomic E-state index is 11.4. The number of aliphatic carboxylic acids is 1. The Kier molecular flexibility index (Phi) is 6.35. The molecule has 0 bridgehead atoms. The number of rotatable bonds is 6. The third-order valence-electron chi connectivity index (χ3n) is 6.65. The van der Waals surface area contributed by atoms with Gasteiger partial charge in [-0.15, -0.1) is 0 Å². The predicted octanol–water partition coefficient (Wildman–Crippen LogP) is 6.37. The molecule has 0 aromatic heterocycles. The second-order valence-electron chi connectivity index (χ2n) is 10.7. The van der Waals surface area contributed by atoms with E-state index in [9.17, 15) is 9.90 Å². The molecule has 0 saturated heterocycles. The fourth-order valence-electron chi connectivity index (χ4n) is 4.51. The van der Waals surface area contributed by atoms with E-state index in [0.717, 1.165) is 41.0 Å². The van der Waals surface area contributed by atoms with Gasteiger partial charge in [-0.3, -0.25) is 4.79 Å². The van der Waals surface area contributed by atoms with E-state index in [2.05, 4.69) is 57.2 Å². The van der Waals surface area contributed by atoms with Crippen LogP contribution >= 0.6 is 0 Å². The molecule has 4 nitrogen and oxygen atoms in total. The lowest BCUT2D eigenvalue weighted by Crippen LogP contribution is -2.37. The van der Waals surface area contributed by atoms with E-state index in [1.165, 1.54) is 12.8 Å². The number of benzene rings is 2. The molecule has 1 aliphatic carbocycles. The van der Waals surface area contributed by atoms with Crippen LogP contribution in [-0.4, -0.2) is 30.8 Å². The molecular formula is C26H37NO3. The Morgan fingerprint density at radius 2 is 1.60 bits per heavy atom. The van der Waals surface area contributed by atoms with E-state index in [1.807, 2.05) is 11.9 Å². The Balaban J connectivity index is 1.66. The molecule has 1 aliphatic rings. The molecule has 164 valence electrons. The smallest absolute Gasteiger partial charge is 0.310 e. The number of anilines is 1. The van der Waals surface area contributed by atoms with Gasteiger partial charge in [0.25, 0.3) is 0 Å². The van der Waals surface area contributed by atoms with Crippen molar-refractivity contribution >= 4 is 22.4 Å². The SMILES string of the molecule is CN(CC(C)(C)C(=O)O)c1ccc2cc(O[C@H]3CC[C@H](C(C)(C)C)CC3)ccc2c1. The van der Waals surface area contributed by atoms with Gasteiger partial charge in [0.2, 0.25) is 0 Å². The van der Waals surface area contributed by atoms with Crippen LogP contribution < -0.4 is 9.64 Å². The molecule has 30 heavy (non-hydrogen) atoms. The lowest BCUT2D eigenvalue weighted by molar-refractivity contribution is -0.146. The molecule has 1 fully saturated rings. The maximum atomic E-state index is 11.4. The van der Waals surface area contributed by atoms with Crippen molar-refractivity contribution in [1.29, 1.82) is 0 Å². The highest BCUT2D eigenvalue weighted by Gasteiger charge is 2.31. The van der Waals surface area contributed by atoms with E-state index >= 15 is 0 Å². The monoisotopic (exact) mass is 411 g/mol. The first-order valence-electron chi connectivity index (χ1n) is 11.1. The van der Waals surface area contributed by atoms with Gasteiger partial charge in [0.15, 0.2) is 0 Å².